The second-order valence-electron chi connectivity index (χ2n) is 5.86. The van der Waals surface area contributed by atoms with E-state index in [9.17, 15) is 4.39 Å². The van der Waals surface area contributed by atoms with Gasteiger partial charge in [-0.25, -0.2) is 9.37 Å². The lowest BCUT2D eigenvalue weighted by molar-refractivity contribution is 0.235. The van der Waals surface area contributed by atoms with Crippen LogP contribution in [0.5, 0.6) is 0 Å². The predicted molar refractivity (Wildman–Crippen MR) is 95.9 cm³/mol. The monoisotopic (exact) mass is 355 g/mol. The molecule has 0 amide bonds. The minimum absolute atomic E-state index is 0. The van der Waals surface area contributed by atoms with Crippen LogP contribution in [0.3, 0.4) is 0 Å². The summed E-state index contributed by atoms with van der Waals surface area (Å²) in [5.74, 6) is -0.157. The lowest BCUT2D eigenvalue weighted by Crippen LogP contribution is -2.36. The average Bonchev–Trinajstić information content (AvgIpc) is 2.93. The topological polar surface area (TPSA) is 21.1 Å². The summed E-state index contributed by atoms with van der Waals surface area (Å²) in [6.45, 7) is 3.35. The van der Waals surface area contributed by atoms with Gasteiger partial charge in [0.15, 0.2) is 5.16 Å². The normalized spacial score (nSPS) is 16.3. The Morgan fingerprint density at radius 1 is 1.22 bits per heavy atom. The zero-order valence-electron chi connectivity index (χ0n) is 13.3. The predicted octanol–water partition coefficient (Wildman–Crippen LogP) is 3.78. The average molecular weight is 356 g/mol. The maximum absolute atomic E-state index is 12.9. The zero-order chi connectivity index (χ0) is 15.4. The third-order valence-corrected chi connectivity index (χ3v) is 5.62. The van der Waals surface area contributed by atoms with E-state index in [1.54, 1.807) is 12.1 Å². The molecule has 126 valence electrons. The minimum Gasteiger partial charge on any atom is -0.329 e. The van der Waals surface area contributed by atoms with E-state index in [-0.39, 0.29) is 18.2 Å². The highest BCUT2D eigenvalue weighted by atomic mass is 35.5. The third kappa shape index (κ3) is 5.23. The molecule has 0 spiro atoms. The molecule has 0 radical (unpaired) electrons. The third-order valence-electron chi connectivity index (χ3n) is 4.21. The molecule has 1 aliphatic rings. The first-order valence-corrected chi connectivity index (χ1v) is 8.69. The Hall–Kier alpha value is -1.04. The van der Waals surface area contributed by atoms with Gasteiger partial charge in [-0.2, -0.15) is 0 Å². The van der Waals surface area contributed by atoms with Crippen LogP contribution >= 0.6 is 24.2 Å². The first-order chi connectivity index (χ1) is 10.7. The van der Waals surface area contributed by atoms with Crippen molar-refractivity contribution in [1.29, 1.82) is 0 Å². The second kappa shape index (κ2) is 8.71. The molecule has 1 aromatic heterocycles. The number of thioether (sulfide) groups is 1. The van der Waals surface area contributed by atoms with Crippen LogP contribution in [0.4, 0.5) is 4.39 Å². The molecule has 6 heteroatoms. The van der Waals surface area contributed by atoms with E-state index < -0.39 is 0 Å². The molecule has 1 aromatic carbocycles. The SMILES string of the molecule is Cl.Cn1ccnc1SC1CCN(CCc2ccc(F)cc2)CC1. The van der Waals surface area contributed by atoms with Gasteiger partial charge in [0, 0.05) is 31.2 Å². The van der Waals surface area contributed by atoms with Gasteiger partial charge in [-0.05, 0) is 50.0 Å². The number of nitrogens with zero attached hydrogens (tertiary/aromatic N) is 3. The summed E-state index contributed by atoms with van der Waals surface area (Å²) >= 11 is 1.90. The Kier molecular flexibility index (Phi) is 6.93. The maximum Gasteiger partial charge on any atom is 0.167 e. The highest BCUT2D eigenvalue weighted by molar-refractivity contribution is 7.99. The zero-order valence-corrected chi connectivity index (χ0v) is 15.0. The lowest BCUT2D eigenvalue weighted by atomic mass is 10.1. The van der Waals surface area contributed by atoms with Crippen molar-refractivity contribution in [2.75, 3.05) is 19.6 Å². The van der Waals surface area contributed by atoms with Gasteiger partial charge in [-0.1, -0.05) is 23.9 Å². The molecule has 2 aromatic rings. The van der Waals surface area contributed by atoms with Crippen LogP contribution in [0, 0.1) is 5.82 Å². The Morgan fingerprint density at radius 2 is 1.91 bits per heavy atom. The van der Waals surface area contributed by atoms with Crippen molar-refractivity contribution < 1.29 is 4.39 Å². The molecule has 3 nitrogen and oxygen atoms in total. The quantitative estimate of drug-likeness (QED) is 0.814. The fourth-order valence-corrected chi connectivity index (χ4v) is 3.90. The fraction of sp³-hybridized carbons (Fsp3) is 0.471. The maximum atomic E-state index is 12.9. The van der Waals surface area contributed by atoms with E-state index >= 15 is 0 Å². The molecule has 3 rings (SSSR count). The van der Waals surface area contributed by atoms with Crippen molar-refractivity contribution in [2.24, 2.45) is 7.05 Å². The fourth-order valence-electron chi connectivity index (χ4n) is 2.80. The van der Waals surface area contributed by atoms with E-state index in [1.807, 2.05) is 43.3 Å². The van der Waals surface area contributed by atoms with Gasteiger partial charge in [0.1, 0.15) is 5.82 Å². The number of piperidine rings is 1. The van der Waals surface area contributed by atoms with Crippen molar-refractivity contribution in [1.82, 2.24) is 14.5 Å². The summed E-state index contributed by atoms with van der Waals surface area (Å²) in [6.07, 6.45) is 7.28. The van der Waals surface area contributed by atoms with Gasteiger partial charge in [0.2, 0.25) is 0 Å². The van der Waals surface area contributed by atoms with Crippen molar-refractivity contribution in [3.63, 3.8) is 0 Å². The summed E-state index contributed by atoms with van der Waals surface area (Å²) in [6, 6.07) is 6.87. The minimum atomic E-state index is -0.157. The van der Waals surface area contributed by atoms with E-state index in [2.05, 4.69) is 14.5 Å². The molecule has 0 N–H and O–H groups in total. The van der Waals surface area contributed by atoms with Crippen molar-refractivity contribution in [3.05, 3.63) is 48.0 Å². The number of likely N-dealkylation sites (tertiary alicyclic amines) is 1. The van der Waals surface area contributed by atoms with Gasteiger partial charge in [0.05, 0.1) is 0 Å². The number of hydrogen-bond acceptors (Lipinski definition) is 3. The molecule has 0 unspecified atom stereocenters. The number of rotatable bonds is 5. The molecule has 1 aliphatic heterocycles. The molecule has 0 aliphatic carbocycles. The molecule has 2 heterocycles. The van der Waals surface area contributed by atoms with Crippen LogP contribution in [-0.4, -0.2) is 39.3 Å². The van der Waals surface area contributed by atoms with Crippen LogP contribution in [-0.2, 0) is 13.5 Å². The summed E-state index contributed by atoms with van der Waals surface area (Å²) < 4.78 is 15.0. The highest BCUT2D eigenvalue weighted by Crippen LogP contribution is 2.28. The summed E-state index contributed by atoms with van der Waals surface area (Å²) in [4.78, 5) is 6.91. The molecule has 1 fully saturated rings. The largest absolute Gasteiger partial charge is 0.329 e. The summed E-state index contributed by atoms with van der Waals surface area (Å²) in [5, 5.41) is 1.79. The van der Waals surface area contributed by atoms with Gasteiger partial charge in [0.25, 0.3) is 0 Å². The first-order valence-electron chi connectivity index (χ1n) is 7.81. The molecule has 0 atom stereocenters. The van der Waals surface area contributed by atoms with Crippen LogP contribution in [0.25, 0.3) is 0 Å². The van der Waals surface area contributed by atoms with Crippen LogP contribution in [0.15, 0.2) is 41.8 Å². The summed E-state index contributed by atoms with van der Waals surface area (Å²) in [5.41, 5.74) is 1.21. The van der Waals surface area contributed by atoms with Crippen LogP contribution in [0.1, 0.15) is 18.4 Å². The lowest BCUT2D eigenvalue weighted by Gasteiger charge is -2.31. The molecule has 0 saturated carbocycles. The van der Waals surface area contributed by atoms with Gasteiger partial charge in [-0.15, -0.1) is 12.4 Å². The molecule has 1 saturated heterocycles. The molecule has 0 bridgehead atoms. The number of aryl methyl sites for hydroxylation is 1. The Morgan fingerprint density at radius 3 is 2.52 bits per heavy atom. The highest BCUT2D eigenvalue weighted by Gasteiger charge is 2.21. The van der Waals surface area contributed by atoms with Crippen LogP contribution in [0.2, 0.25) is 0 Å². The number of benzene rings is 1. The van der Waals surface area contributed by atoms with Crippen molar-refractivity contribution in [2.45, 2.75) is 29.7 Å². The standard InChI is InChI=1S/C17H22FN3S.ClH/c1-20-13-9-19-17(20)22-16-7-11-21(12-8-16)10-6-14-2-4-15(18)5-3-14;/h2-5,9,13,16H,6-8,10-12H2,1H3;1H. The van der Waals surface area contributed by atoms with Crippen molar-refractivity contribution in [3.8, 4) is 0 Å². The first kappa shape index (κ1) is 18.3. The van der Waals surface area contributed by atoms with E-state index in [0.717, 1.165) is 31.2 Å². The number of hydrogen-bond donors (Lipinski definition) is 0. The Balaban J connectivity index is 0.00000192. The number of imidazole rings is 1. The van der Waals surface area contributed by atoms with E-state index in [4.69, 9.17) is 0 Å². The van der Waals surface area contributed by atoms with Crippen LogP contribution < -0.4 is 0 Å². The smallest absolute Gasteiger partial charge is 0.167 e. The van der Waals surface area contributed by atoms with E-state index in [1.165, 1.54) is 18.4 Å². The molecule has 23 heavy (non-hydrogen) atoms. The van der Waals surface area contributed by atoms with Gasteiger partial charge >= 0.3 is 0 Å². The number of aromatic nitrogens is 2. The summed E-state index contributed by atoms with van der Waals surface area (Å²) in [7, 11) is 2.05. The van der Waals surface area contributed by atoms with Gasteiger partial charge < -0.3 is 9.47 Å². The van der Waals surface area contributed by atoms with Gasteiger partial charge in [-0.3, -0.25) is 0 Å². The number of halogens is 2. The molecular formula is C17H23ClFN3S. The second-order valence-corrected chi connectivity index (χ2v) is 7.12. The Labute approximate surface area is 147 Å². The molecular weight excluding hydrogens is 333 g/mol. The van der Waals surface area contributed by atoms with E-state index in [0.29, 0.717) is 5.25 Å². The Bertz CT molecular complexity index is 594. The van der Waals surface area contributed by atoms with Crippen molar-refractivity contribution >= 4 is 24.2 Å².